The van der Waals surface area contributed by atoms with Crippen LogP contribution in [-0.4, -0.2) is 44.2 Å². The van der Waals surface area contributed by atoms with Gasteiger partial charge in [0.05, 0.1) is 11.6 Å². The maximum absolute atomic E-state index is 13.6. The summed E-state index contributed by atoms with van der Waals surface area (Å²) in [6.45, 7) is 7.53. The monoisotopic (exact) mass is 360 g/mol. The molecule has 1 unspecified atom stereocenters. The Bertz CT molecular complexity index is 467. The van der Waals surface area contributed by atoms with Gasteiger partial charge in [0.2, 0.25) is 0 Å². The molecule has 0 saturated heterocycles. The van der Waals surface area contributed by atoms with E-state index >= 15 is 0 Å². The normalized spacial score (nSPS) is 12.5. The summed E-state index contributed by atoms with van der Waals surface area (Å²) in [5.41, 5.74) is 0.557. The van der Waals surface area contributed by atoms with Crippen molar-refractivity contribution in [2.45, 2.75) is 19.9 Å². The first-order valence-electron chi connectivity index (χ1n) is 7.01. The molecule has 4 nitrogen and oxygen atoms in total. The molecule has 1 atom stereocenters. The Hall–Kier alpha value is -0.980. The predicted octanol–water partition coefficient (Wildman–Crippen LogP) is 2.73. The van der Waals surface area contributed by atoms with Crippen LogP contribution in [-0.2, 0) is 9.53 Å². The first-order valence-corrected chi connectivity index (χ1v) is 7.81. The van der Waals surface area contributed by atoms with E-state index in [1.54, 1.807) is 12.1 Å². The molecule has 1 N–H and O–H groups in total. The molecule has 0 radical (unpaired) electrons. The number of nitrogens with zero attached hydrogens (tertiary/aromatic N) is 1. The minimum absolute atomic E-state index is 0.373. The Balaban J connectivity index is 2.76. The van der Waals surface area contributed by atoms with Gasteiger partial charge in [-0.15, -0.1) is 0 Å². The summed E-state index contributed by atoms with van der Waals surface area (Å²) in [7, 11) is 1.33. The van der Waals surface area contributed by atoms with Crippen molar-refractivity contribution in [1.82, 2.24) is 10.2 Å². The van der Waals surface area contributed by atoms with Gasteiger partial charge in [-0.05, 0) is 46.7 Å². The van der Waals surface area contributed by atoms with Crippen LogP contribution >= 0.6 is 15.9 Å². The fourth-order valence-corrected chi connectivity index (χ4v) is 2.30. The molecule has 1 aromatic rings. The number of carbonyl (C=O) groups excluding carboxylic acids is 1. The first kappa shape index (κ1) is 18.1. The molecule has 0 aliphatic carbocycles. The highest BCUT2D eigenvalue weighted by atomic mass is 79.9. The van der Waals surface area contributed by atoms with Gasteiger partial charge in [-0.1, -0.05) is 19.9 Å². The minimum Gasteiger partial charge on any atom is -0.468 e. The zero-order chi connectivity index (χ0) is 15.8. The Morgan fingerprint density at radius 2 is 2.10 bits per heavy atom. The van der Waals surface area contributed by atoms with Crippen molar-refractivity contribution in [3.63, 3.8) is 0 Å². The molecule has 0 heterocycles. The van der Waals surface area contributed by atoms with Crippen LogP contribution < -0.4 is 5.32 Å². The highest BCUT2D eigenvalue weighted by Gasteiger charge is 2.21. The Labute approximate surface area is 133 Å². The molecule has 21 heavy (non-hydrogen) atoms. The van der Waals surface area contributed by atoms with Crippen molar-refractivity contribution in [1.29, 1.82) is 0 Å². The third-order valence-corrected chi connectivity index (χ3v) is 4.03. The zero-order valence-corrected chi connectivity index (χ0v) is 14.2. The molecule has 0 aliphatic rings. The smallest absolute Gasteiger partial charge is 0.327 e. The van der Waals surface area contributed by atoms with E-state index in [4.69, 9.17) is 4.74 Å². The number of methoxy groups -OCH3 is 1. The van der Waals surface area contributed by atoms with E-state index in [0.29, 0.717) is 16.6 Å². The van der Waals surface area contributed by atoms with Gasteiger partial charge in [-0.3, -0.25) is 5.32 Å². The lowest BCUT2D eigenvalue weighted by molar-refractivity contribution is -0.143. The van der Waals surface area contributed by atoms with Gasteiger partial charge >= 0.3 is 5.97 Å². The van der Waals surface area contributed by atoms with Gasteiger partial charge < -0.3 is 9.64 Å². The van der Waals surface area contributed by atoms with Crippen LogP contribution in [0.2, 0.25) is 0 Å². The summed E-state index contributed by atoms with van der Waals surface area (Å²) < 4.78 is 18.8. The van der Waals surface area contributed by atoms with Crippen LogP contribution in [0.25, 0.3) is 0 Å². The molecule has 0 aromatic heterocycles. The molecular weight excluding hydrogens is 339 g/mol. The van der Waals surface area contributed by atoms with Crippen LogP contribution in [0.1, 0.15) is 25.5 Å². The van der Waals surface area contributed by atoms with Gasteiger partial charge in [0.25, 0.3) is 0 Å². The molecule has 0 amide bonds. The van der Waals surface area contributed by atoms with E-state index in [1.165, 1.54) is 13.2 Å². The number of carbonyl (C=O) groups is 1. The quantitative estimate of drug-likeness (QED) is 0.723. The molecule has 0 saturated carbocycles. The van der Waals surface area contributed by atoms with Crippen LogP contribution in [0.4, 0.5) is 4.39 Å². The summed E-state index contributed by atoms with van der Waals surface area (Å²) in [4.78, 5) is 14.1. The average Bonchev–Trinajstić information content (AvgIpc) is 2.50. The number of likely N-dealkylation sites (N-methyl/N-ethyl adjacent to an activating group) is 1. The molecule has 0 fully saturated rings. The summed E-state index contributed by atoms with van der Waals surface area (Å²) in [6, 6.07) is 3.98. The Kier molecular flexibility index (Phi) is 7.85. The van der Waals surface area contributed by atoms with E-state index in [2.05, 4.69) is 40.0 Å². The molecule has 0 aliphatic heterocycles. The SMILES string of the molecule is CCN(CC)CCNC(C(=O)OC)c1ccc(Br)c(F)c1. The van der Waals surface area contributed by atoms with Gasteiger partial charge in [0.1, 0.15) is 11.9 Å². The highest BCUT2D eigenvalue weighted by molar-refractivity contribution is 9.10. The fraction of sp³-hybridized carbons (Fsp3) is 0.533. The van der Waals surface area contributed by atoms with Gasteiger partial charge in [-0.2, -0.15) is 0 Å². The zero-order valence-electron chi connectivity index (χ0n) is 12.7. The summed E-state index contributed by atoms with van der Waals surface area (Å²) in [5.74, 6) is -0.816. The molecule has 0 bridgehead atoms. The summed E-state index contributed by atoms with van der Waals surface area (Å²) in [5, 5.41) is 3.13. The third-order valence-electron chi connectivity index (χ3n) is 3.38. The molecular formula is C15H22BrFN2O2. The molecule has 1 aromatic carbocycles. The van der Waals surface area contributed by atoms with Crippen molar-refractivity contribution in [2.24, 2.45) is 0 Å². The number of hydrogen-bond donors (Lipinski definition) is 1. The van der Waals surface area contributed by atoms with Crippen LogP contribution in [0.3, 0.4) is 0 Å². The van der Waals surface area contributed by atoms with Crippen molar-refractivity contribution in [2.75, 3.05) is 33.3 Å². The fourth-order valence-electron chi connectivity index (χ4n) is 2.05. The molecule has 0 spiro atoms. The number of nitrogens with one attached hydrogen (secondary N) is 1. The lowest BCUT2D eigenvalue weighted by atomic mass is 10.1. The average molecular weight is 361 g/mol. The summed E-state index contributed by atoms with van der Waals surface area (Å²) in [6.07, 6.45) is 0. The number of halogens is 2. The number of esters is 1. The molecule has 118 valence electrons. The second-order valence-electron chi connectivity index (χ2n) is 4.61. The van der Waals surface area contributed by atoms with Gasteiger partial charge in [0.15, 0.2) is 0 Å². The second-order valence-corrected chi connectivity index (χ2v) is 5.47. The first-order chi connectivity index (χ1) is 10.0. The maximum atomic E-state index is 13.6. The predicted molar refractivity (Wildman–Crippen MR) is 84.6 cm³/mol. The van der Waals surface area contributed by atoms with Crippen LogP contribution in [0.5, 0.6) is 0 Å². The topological polar surface area (TPSA) is 41.6 Å². The van der Waals surface area contributed by atoms with Crippen LogP contribution in [0.15, 0.2) is 22.7 Å². The van der Waals surface area contributed by atoms with Crippen molar-refractivity contribution in [3.05, 3.63) is 34.1 Å². The maximum Gasteiger partial charge on any atom is 0.327 e. The number of ether oxygens (including phenoxy) is 1. The highest BCUT2D eigenvalue weighted by Crippen LogP contribution is 2.21. The Morgan fingerprint density at radius 3 is 2.62 bits per heavy atom. The third kappa shape index (κ3) is 5.37. The lowest BCUT2D eigenvalue weighted by Crippen LogP contribution is -2.36. The van der Waals surface area contributed by atoms with E-state index in [9.17, 15) is 9.18 Å². The minimum atomic E-state index is -0.659. The second kappa shape index (κ2) is 9.12. The van der Waals surface area contributed by atoms with E-state index in [-0.39, 0.29) is 0 Å². The van der Waals surface area contributed by atoms with Gasteiger partial charge in [-0.25, -0.2) is 9.18 Å². The number of rotatable bonds is 8. The van der Waals surface area contributed by atoms with Crippen molar-refractivity contribution < 1.29 is 13.9 Å². The molecule has 6 heteroatoms. The van der Waals surface area contributed by atoms with E-state index < -0.39 is 17.8 Å². The van der Waals surface area contributed by atoms with Crippen molar-refractivity contribution in [3.8, 4) is 0 Å². The lowest BCUT2D eigenvalue weighted by Gasteiger charge is -2.21. The van der Waals surface area contributed by atoms with Crippen molar-refractivity contribution >= 4 is 21.9 Å². The Morgan fingerprint density at radius 1 is 1.43 bits per heavy atom. The standard InChI is InChI=1S/C15H22BrFN2O2/c1-4-19(5-2)9-8-18-14(15(20)21-3)11-6-7-12(16)13(17)10-11/h6-7,10,14,18H,4-5,8-9H2,1-3H3. The molecule has 1 rings (SSSR count). The van der Waals surface area contributed by atoms with E-state index in [1.807, 2.05) is 0 Å². The number of benzene rings is 1. The van der Waals surface area contributed by atoms with Crippen LogP contribution in [0, 0.1) is 5.82 Å². The summed E-state index contributed by atoms with van der Waals surface area (Å²) >= 11 is 3.10. The van der Waals surface area contributed by atoms with E-state index in [0.717, 1.165) is 19.6 Å². The largest absolute Gasteiger partial charge is 0.468 e. The number of hydrogen-bond acceptors (Lipinski definition) is 4. The van der Waals surface area contributed by atoms with Gasteiger partial charge in [0, 0.05) is 13.1 Å².